The topological polar surface area (TPSA) is 21.3 Å². The summed E-state index contributed by atoms with van der Waals surface area (Å²) in [6.45, 7) is 4.19. The summed E-state index contributed by atoms with van der Waals surface area (Å²) in [6.07, 6.45) is 3.68. The smallest absolute Gasteiger partial charge is 0.0471 e. The van der Waals surface area contributed by atoms with E-state index in [9.17, 15) is 0 Å². The fraction of sp³-hybridized carbons (Fsp3) is 0.600. The van der Waals surface area contributed by atoms with Crippen molar-refractivity contribution >= 4 is 0 Å². The van der Waals surface area contributed by atoms with Gasteiger partial charge in [0, 0.05) is 19.8 Å². The van der Waals surface area contributed by atoms with Crippen molar-refractivity contribution in [2.75, 3.05) is 26.3 Å². The van der Waals surface area contributed by atoms with Gasteiger partial charge in [-0.15, -0.1) is 0 Å². The van der Waals surface area contributed by atoms with Crippen molar-refractivity contribution in [3.8, 4) is 0 Å². The minimum atomic E-state index is 0.723. The van der Waals surface area contributed by atoms with Crippen LogP contribution in [0.1, 0.15) is 42.2 Å². The van der Waals surface area contributed by atoms with E-state index < -0.39 is 0 Å². The van der Waals surface area contributed by atoms with Gasteiger partial charge in [0.2, 0.25) is 0 Å². The molecule has 2 heterocycles. The van der Waals surface area contributed by atoms with Crippen LogP contribution in [-0.4, -0.2) is 26.3 Å². The molecule has 0 amide bonds. The van der Waals surface area contributed by atoms with Gasteiger partial charge < -0.3 is 10.1 Å². The van der Waals surface area contributed by atoms with E-state index in [4.69, 9.17) is 4.74 Å². The molecule has 17 heavy (non-hydrogen) atoms. The van der Waals surface area contributed by atoms with Crippen LogP contribution in [-0.2, 0) is 4.74 Å². The van der Waals surface area contributed by atoms with E-state index in [1.165, 1.54) is 25.8 Å². The summed E-state index contributed by atoms with van der Waals surface area (Å²) in [6, 6.07) is 9.05. The SMILES string of the molecule is c1ccc(C2CCNC2)c(C2CCOCC2)c1. The highest BCUT2D eigenvalue weighted by atomic mass is 16.5. The van der Waals surface area contributed by atoms with Crippen LogP contribution in [0.2, 0.25) is 0 Å². The molecular formula is C15H21NO. The van der Waals surface area contributed by atoms with Crippen LogP contribution in [0, 0.1) is 0 Å². The maximum absolute atomic E-state index is 5.47. The highest BCUT2D eigenvalue weighted by Crippen LogP contribution is 2.34. The second-order valence-electron chi connectivity index (χ2n) is 5.21. The Labute approximate surface area is 103 Å². The number of ether oxygens (including phenoxy) is 1. The first kappa shape index (κ1) is 11.2. The summed E-state index contributed by atoms with van der Waals surface area (Å²) in [5, 5.41) is 3.48. The number of nitrogens with one attached hydrogen (secondary N) is 1. The molecule has 1 atom stereocenters. The highest BCUT2D eigenvalue weighted by Gasteiger charge is 2.24. The Morgan fingerprint density at radius 1 is 0.941 bits per heavy atom. The molecule has 92 valence electrons. The van der Waals surface area contributed by atoms with E-state index in [0.29, 0.717) is 0 Å². The average Bonchev–Trinajstić information content (AvgIpc) is 2.94. The van der Waals surface area contributed by atoms with Crippen LogP contribution < -0.4 is 5.32 Å². The van der Waals surface area contributed by atoms with Gasteiger partial charge in [-0.05, 0) is 48.8 Å². The third-order valence-electron chi connectivity index (χ3n) is 4.16. The van der Waals surface area contributed by atoms with E-state index >= 15 is 0 Å². The van der Waals surface area contributed by atoms with Gasteiger partial charge in [0.05, 0.1) is 0 Å². The van der Waals surface area contributed by atoms with E-state index in [0.717, 1.165) is 31.6 Å². The van der Waals surface area contributed by atoms with Crippen molar-refractivity contribution in [2.24, 2.45) is 0 Å². The lowest BCUT2D eigenvalue weighted by Crippen LogP contribution is -2.17. The third-order valence-corrected chi connectivity index (χ3v) is 4.16. The molecule has 2 heteroatoms. The summed E-state index contributed by atoms with van der Waals surface area (Å²) < 4.78 is 5.47. The molecule has 2 saturated heterocycles. The Hall–Kier alpha value is -0.860. The van der Waals surface area contributed by atoms with Gasteiger partial charge in [0.25, 0.3) is 0 Å². The second kappa shape index (κ2) is 5.19. The normalized spacial score (nSPS) is 26.2. The summed E-state index contributed by atoms with van der Waals surface area (Å²) in [7, 11) is 0. The molecule has 2 aliphatic heterocycles. The summed E-state index contributed by atoms with van der Waals surface area (Å²) >= 11 is 0. The summed E-state index contributed by atoms with van der Waals surface area (Å²) in [4.78, 5) is 0. The maximum Gasteiger partial charge on any atom is 0.0471 e. The van der Waals surface area contributed by atoms with Crippen LogP contribution in [0.3, 0.4) is 0 Å². The monoisotopic (exact) mass is 231 g/mol. The molecule has 2 nitrogen and oxygen atoms in total. The number of rotatable bonds is 2. The van der Waals surface area contributed by atoms with Crippen LogP contribution in [0.25, 0.3) is 0 Å². The van der Waals surface area contributed by atoms with Crippen LogP contribution in [0.15, 0.2) is 24.3 Å². The first-order valence-corrected chi connectivity index (χ1v) is 6.82. The highest BCUT2D eigenvalue weighted by molar-refractivity contribution is 5.34. The molecule has 0 saturated carbocycles. The quantitative estimate of drug-likeness (QED) is 0.845. The Bertz CT molecular complexity index is 365. The van der Waals surface area contributed by atoms with Crippen LogP contribution >= 0.6 is 0 Å². The molecule has 0 radical (unpaired) electrons. The predicted molar refractivity (Wildman–Crippen MR) is 69.5 cm³/mol. The molecule has 1 unspecified atom stereocenters. The molecule has 0 aliphatic carbocycles. The van der Waals surface area contributed by atoms with Crippen molar-refractivity contribution in [2.45, 2.75) is 31.1 Å². The fourth-order valence-electron chi connectivity index (χ4n) is 3.18. The van der Waals surface area contributed by atoms with E-state index in [1.54, 1.807) is 11.1 Å². The first-order valence-electron chi connectivity index (χ1n) is 6.82. The molecule has 1 N–H and O–H groups in total. The van der Waals surface area contributed by atoms with Gasteiger partial charge in [-0.3, -0.25) is 0 Å². The number of hydrogen-bond donors (Lipinski definition) is 1. The molecule has 1 aromatic carbocycles. The number of benzene rings is 1. The van der Waals surface area contributed by atoms with Crippen molar-refractivity contribution < 1.29 is 4.74 Å². The largest absolute Gasteiger partial charge is 0.381 e. The van der Waals surface area contributed by atoms with Gasteiger partial charge in [-0.2, -0.15) is 0 Å². The molecule has 0 bridgehead atoms. The minimum absolute atomic E-state index is 0.723. The van der Waals surface area contributed by atoms with E-state index in [-0.39, 0.29) is 0 Å². The predicted octanol–water partition coefficient (Wildman–Crippen LogP) is 2.66. The maximum atomic E-state index is 5.47. The Morgan fingerprint density at radius 3 is 2.29 bits per heavy atom. The summed E-state index contributed by atoms with van der Waals surface area (Å²) in [5.41, 5.74) is 3.17. The standard InChI is InChI=1S/C15H21NO/c1-2-4-15(13-5-8-16-11-13)14(3-1)12-6-9-17-10-7-12/h1-4,12-13,16H,5-11H2. The molecule has 0 aromatic heterocycles. The Balaban J connectivity index is 1.86. The van der Waals surface area contributed by atoms with Gasteiger partial charge in [-0.1, -0.05) is 24.3 Å². The van der Waals surface area contributed by atoms with Crippen LogP contribution in [0.4, 0.5) is 0 Å². The number of hydrogen-bond acceptors (Lipinski definition) is 2. The molecule has 2 fully saturated rings. The van der Waals surface area contributed by atoms with Crippen molar-refractivity contribution in [3.63, 3.8) is 0 Å². The van der Waals surface area contributed by atoms with Gasteiger partial charge in [0.1, 0.15) is 0 Å². The van der Waals surface area contributed by atoms with Crippen molar-refractivity contribution in [1.29, 1.82) is 0 Å². The van der Waals surface area contributed by atoms with Gasteiger partial charge in [0.15, 0.2) is 0 Å². The zero-order chi connectivity index (χ0) is 11.5. The Morgan fingerprint density at radius 2 is 1.65 bits per heavy atom. The summed E-state index contributed by atoms with van der Waals surface area (Å²) in [5.74, 6) is 1.45. The lowest BCUT2D eigenvalue weighted by atomic mass is 9.83. The van der Waals surface area contributed by atoms with Gasteiger partial charge in [-0.25, -0.2) is 0 Å². The van der Waals surface area contributed by atoms with Crippen molar-refractivity contribution in [3.05, 3.63) is 35.4 Å². The Kier molecular flexibility index (Phi) is 3.44. The molecule has 3 rings (SSSR count). The molecule has 1 aromatic rings. The van der Waals surface area contributed by atoms with Gasteiger partial charge >= 0.3 is 0 Å². The zero-order valence-electron chi connectivity index (χ0n) is 10.3. The average molecular weight is 231 g/mol. The molecule has 0 spiro atoms. The second-order valence-corrected chi connectivity index (χ2v) is 5.21. The molecular weight excluding hydrogens is 210 g/mol. The fourth-order valence-corrected chi connectivity index (χ4v) is 3.18. The van der Waals surface area contributed by atoms with Crippen molar-refractivity contribution in [1.82, 2.24) is 5.32 Å². The first-order chi connectivity index (χ1) is 8.45. The zero-order valence-corrected chi connectivity index (χ0v) is 10.3. The van der Waals surface area contributed by atoms with Crippen LogP contribution in [0.5, 0.6) is 0 Å². The van der Waals surface area contributed by atoms with E-state index in [1.807, 2.05) is 0 Å². The lowest BCUT2D eigenvalue weighted by Gasteiger charge is -2.26. The lowest BCUT2D eigenvalue weighted by molar-refractivity contribution is 0.0851. The third kappa shape index (κ3) is 2.38. The molecule has 2 aliphatic rings. The minimum Gasteiger partial charge on any atom is -0.381 e. The van der Waals surface area contributed by atoms with E-state index in [2.05, 4.69) is 29.6 Å².